The first-order chi connectivity index (χ1) is 11.7. The molecule has 0 aromatic heterocycles. The van der Waals surface area contributed by atoms with Gasteiger partial charge in [0.15, 0.2) is 0 Å². The van der Waals surface area contributed by atoms with Crippen LogP contribution < -0.4 is 4.90 Å². The van der Waals surface area contributed by atoms with Crippen molar-refractivity contribution >= 4 is 11.4 Å². The number of hydrogen-bond donors (Lipinski definition) is 0. The molecule has 0 aliphatic carbocycles. The van der Waals surface area contributed by atoms with Crippen molar-refractivity contribution in [3.05, 3.63) is 34.4 Å². The van der Waals surface area contributed by atoms with Gasteiger partial charge in [-0.3, -0.25) is 10.1 Å². The van der Waals surface area contributed by atoms with E-state index in [0.717, 1.165) is 38.3 Å². The molecule has 0 atom stereocenters. The van der Waals surface area contributed by atoms with Crippen LogP contribution in [0, 0.1) is 10.1 Å². The highest BCUT2D eigenvalue weighted by Crippen LogP contribution is 2.20. The van der Waals surface area contributed by atoms with Gasteiger partial charge >= 0.3 is 0 Å². The Labute approximate surface area is 144 Å². The van der Waals surface area contributed by atoms with Crippen LogP contribution in [0.25, 0.3) is 0 Å². The van der Waals surface area contributed by atoms with Gasteiger partial charge in [-0.2, -0.15) is 0 Å². The van der Waals surface area contributed by atoms with Gasteiger partial charge in [0.2, 0.25) is 0 Å². The van der Waals surface area contributed by atoms with Crippen molar-refractivity contribution in [2.24, 2.45) is 0 Å². The fraction of sp³-hybridized carbons (Fsp3) is 0.667. The third kappa shape index (κ3) is 4.68. The van der Waals surface area contributed by atoms with E-state index in [9.17, 15) is 10.1 Å². The number of rotatable bonds is 6. The number of benzene rings is 1. The average molecular weight is 332 g/mol. The third-order valence-electron chi connectivity index (χ3n) is 5.16. The lowest BCUT2D eigenvalue weighted by molar-refractivity contribution is -0.384. The third-order valence-corrected chi connectivity index (χ3v) is 5.16. The van der Waals surface area contributed by atoms with Crippen molar-refractivity contribution in [3.63, 3.8) is 0 Å². The maximum Gasteiger partial charge on any atom is 0.269 e. The summed E-state index contributed by atoms with van der Waals surface area (Å²) in [5.41, 5.74) is 1.26. The lowest BCUT2D eigenvalue weighted by Crippen LogP contribution is -2.33. The molecule has 0 bridgehead atoms. The maximum atomic E-state index is 10.8. The second-order valence-corrected chi connectivity index (χ2v) is 6.86. The Hall–Kier alpha value is -1.66. The van der Waals surface area contributed by atoms with Gasteiger partial charge in [0.25, 0.3) is 5.69 Å². The Kier molecular flexibility index (Phi) is 6.04. The number of non-ortho nitro benzene ring substituents is 1. The largest absolute Gasteiger partial charge is 0.370 e. The summed E-state index contributed by atoms with van der Waals surface area (Å²) in [5, 5.41) is 10.8. The van der Waals surface area contributed by atoms with Gasteiger partial charge in [0.05, 0.1) is 4.92 Å². The number of nitrogens with zero attached hydrogens (tertiary/aromatic N) is 4. The minimum atomic E-state index is -0.339. The number of anilines is 1. The summed E-state index contributed by atoms with van der Waals surface area (Å²) in [6.07, 6.45) is 5.15. The quantitative estimate of drug-likeness (QED) is 0.592. The zero-order valence-corrected chi connectivity index (χ0v) is 14.4. The zero-order valence-electron chi connectivity index (χ0n) is 14.4. The SMILES string of the molecule is O=[N+]([O-])c1ccc(N2CCCN(CCCN3CCCC3)CC2)cc1. The first-order valence-electron chi connectivity index (χ1n) is 9.16. The summed E-state index contributed by atoms with van der Waals surface area (Å²) in [7, 11) is 0. The Balaban J connectivity index is 1.44. The van der Waals surface area contributed by atoms with Gasteiger partial charge in [-0.05, 0) is 70.5 Å². The Morgan fingerprint density at radius 2 is 1.46 bits per heavy atom. The van der Waals surface area contributed by atoms with Gasteiger partial charge < -0.3 is 14.7 Å². The van der Waals surface area contributed by atoms with Crippen LogP contribution in [-0.4, -0.2) is 67.1 Å². The van der Waals surface area contributed by atoms with Crippen molar-refractivity contribution in [2.75, 3.05) is 57.3 Å². The fourth-order valence-corrected chi connectivity index (χ4v) is 3.76. The molecule has 2 aliphatic heterocycles. The smallest absolute Gasteiger partial charge is 0.269 e. The molecule has 3 rings (SSSR count). The molecule has 2 saturated heterocycles. The predicted octanol–water partition coefficient (Wildman–Crippen LogP) is 2.59. The van der Waals surface area contributed by atoms with E-state index >= 15 is 0 Å². The van der Waals surface area contributed by atoms with Gasteiger partial charge in [0, 0.05) is 37.5 Å². The standard InChI is InChI=1S/C18H28N4O2/c23-22(24)18-7-5-17(6-8-18)21-14-4-13-20(15-16-21)12-3-11-19-9-1-2-10-19/h5-8H,1-4,9-16H2. The molecular weight excluding hydrogens is 304 g/mol. The van der Waals surface area contributed by atoms with E-state index in [1.165, 1.54) is 45.4 Å². The Morgan fingerprint density at radius 1 is 0.833 bits per heavy atom. The van der Waals surface area contributed by atoms with Gasteiger partial charge in [0.1, 0.15) is 0 Å². The summed E-state index contributed by atoms with van der Waals surface area (Å²) < 4.78 is 0. The lowest BCUT2D eigenvalue weighted by Gasteiger charge is -2.24. The highest BCUT2D eigenvalue weighted by atomic mass is 16.6. The maximum absolute atomic E-state index is 10.8. The summed E-state index contributed by atoms with van der Waals surface area (Å²) in [6, 6.07) is 6.96. The summed E-state index contributed by atoms with van der Waals surface area (Å²) in [4.78, 5) is 17.9. The molecule has 0 amide bonds. The Bertz CT molecular complexity index is 528. The number of nitro groups is 1. The first-order valence-corrected chi connectivity index (χ1v) is 9.16. The van der Waals surface area contributed by atoms with Crippen LogP contribution in [0.5, 0.6) is 0 Å². The molecule has 1 aromatic rings. The van der Waals surface area contributed by atoms with Crippen LogP contribution in [0.3, 0.4) is 0 Å². The monoisotopic (exact) mass is 332 g/mol. The number of nitro benzene ring substituents is 1. The van der Waals surface area contributed by atoms with Crippen molar-refractivity contribution in [1.82, 2.24) is 9.80 Å². The predicted molar refractivity (Wildman–Crippen MR) is 96.7 cm³/mol. The van der Waals surface area contributed by atoms with Crippen molar-refractivity contribution in [3.8, 4) is 0 Å². The molecule has 0 spiro atoms. The van der Waals surface area contributed by atoms with Crippen molar-refractivity contribution < 1.29 is 4.92 Å². The average Bonchev–Trinajstić information content (AvgIpc) is 2.99. The molecule has 2 fully saturated rings. The van der Waals surface area contributed by atoms with Crippen LogP contribution in [-0.2, 0) is 0 Å². The minimum Gasteiger partial charge on any atom is -0.370 e. The molecular formula is C18H28N4O2. The van der Waals surface area contributed by atoms with Gasteiger partial charge in [-0.1, -0.05) is 0 Å². The van der Waals surface area contributed by atoms with E-state index in [2.05, 4.69) is 14.7 Å². The molecule has 0 N–H and O–H groups in total. The van der Waals surface area contributed by atoms with Crippen LogP contribution in [0.2, 0.25) is 0 Å². The van der Waals surface area contributed by atoms with Crippen LogP contribution in [0.1, 0.15) is 25.7 Å². The van der Waals surface area contributed by atoms with Gasteiger partial charge in [-0.25, -0.2) is 0 Å². The van der Waals surface area contributed by atoms with E-state index in [0.29, 0.717) is 0 Å². The van der Waals surface area contributed by atoms with E-state index < -0.39 is 0 Å². The molecule has 0 saturated carbocycles. The lowest BCUT2D eigenvalue weighted by atomic mass is 10.2. The van der Waals surface area contributed by atoms with Crippen molar-refractivity contribution in [2.45, 2.75) is 25.7 Å². The topological polar surface area (TPSA) is 52.9 Å². The highest BCUT2D eigenvalue weighted by molar-refractivity contribution is 5.51. The molecule has 6 nitrogen and oxygen atoms in total. The van der Waals surface area contributed by atoms with E-state index in [4.69, 9.17) is 0 Å². The van der Waals surface area contributed by atoms with Crippen molar-refractivity contribution in [1.29, 1.82) is 0 Å². The molecule has 24 heavy (non-hydrogen) atoms. The fourth-order valence-electron chi connectivity index (χ4n) is 3.76. The van der Waals surface area contributed by atoms with Crippen LogP contribution >= 0.6 is 0 Å². The molecule has 2 heterocycles. The number of hydrogen-bond acceptors (Lipinski definition) is 5. The molecule has 2 aliphatic rings. The highest BCUT2D eigenvalue weighted by Gasteiger charge is 2.17. The first kappa shape index (κ1) is 17.2. The molecule has 1 aromatic carbocycles. The molecule has 132 valence electrons. The second-order valence-electron chi connectivity index (χ2n) is 6.86. The second kappa shape index (κ2) is 8.44. The molecule has 0 unspecified atom stereocenters. The zero-order chi connectivity index (χ0) is 16.8. The molecule has 0 radical (unpaired) electrons. The summed E-state index contributed by atoms with van der Waals surface area (Å²) >= 11 is 0. The summed E-state index contributed by atoms with van der Waals surface area (Å²) in [6.45, 7) is 9.26. The summed E-state index contributed by atoms with van der Waals surface area (Å²) in [5.74, 6) is 0. The number of likely N-dealkylation sites (tertiary alicyclic amines) is 1. The van der Waals surface area contributed by atoms with Gasteiger partial charge in [-0.15, -0.1) is 0 Å². The van der Waals surface area contributed by atoms with E-state index in [1.807, 2.05) is 12.1 Å². The minimum absolute atomic E-state index is 0.164. The normalized spacial score (nSPS) is 20.2. The van der Waals surface area contributed by atoms with Crippen LogP contribution in [0.15, 0.2) is 24.3 Å². The Morgan fingerprint density at radius 3 is 2.12 bits per heavy atom. The molecule has 6 heteroatoms. The van der Waals surface area contributed by atoms with E-state index in [-0.39, 0.29) is 10.6 Å². The van der Waals surface area contributed by atoms with E-state index in [1.54, 1.807) is 12.1 Å². The van der Waals surface area contributed by atoms with Crippen LogP contribution in [0.4, 0.5) is 11.4 Å².